The molecule has 1 heterocycles. The van der Waals surface area contributed by atoms with Gasteiger partial charge in [-0.05, 0) is 47.9 Å². The van der Waals surface area contributed by atoms with Crippen molar-refractivity contribution in [2.45, 2.75) is 25.7 Å². The second kappa shape index (κ2) is 18.5. The predicted molar refractivity (Wildman–Crippen MR) is 186 cm³/mol. The summed E-state index contributed by atoms with van der Waals surface area (Å²) in [6.45, 7) is 13.5. The van der Waals surface area contributed by atoms with Gasteiger partial charge in [0.05, 0.1) is 0 Å². The van der Waals surface area contributed by atoms with E-state index in [0.29, 0.717) is 0 Å². The van der Waals surface area contributed by atoms with E-state index in [1.807, 2.05) is 0 Å². The number of hydrogen-bond donors (Lipinski definition) is 0. The normalized spacial score (nSPS) is 16.7. The third-order valence-corrected chi connectivity index (χ3v) is 9.17. The standard InChI is InChI=1S/C40H52N4/c1-5-13-37(14-6-1)21-25-41-29-31-42(26-22-38-15-7-2-8-16-38)33-35-44(28-24-40-19-11-4-12-20-40)36-34-43(32-30-41)27-23-39-17-9-3-10-18-39/h1-20H,21-36H2. The summed E-state index contributed by atoms with van der Waals surface area (Å²) in [6, 6.07) is 44.1. The molecule has 0 aliphatic carbocycles. The van der Waals surface area contributed by atoms with Crippen molar-refractivity contribution in [3.05, 3.63) is 144 Å². The van der Waals surface area contributed by atoms with E-state index in [-0.39, 0.29) is 0 Å². The number of hydrogen-bond acceptors (Lipinski definition) is 4. The van der Waals surface area contributed by atoms with Gasteiger partial charge in [0.2, 0.25) is 0 Å². The summed E-state index contributed by atoms with van der Waals surface area (Å²) in [7, 11) is 0. The van der Waals surface area contributed by atoms with Gasteiger partial charge in [0.25, 0.3) is 0 Å². The van der Waals surface area contributed by atoms with Crippen LogP contribution in [0.5, 0.6) is 0 Å². The molecule has 0 bridgehead atoms. The van der Waals surface area contributed by atoms with E-state index in [1.54, 1.807) is 0 Å². The summed E-state index contributed by atoms with van der Waals surface area (Å²) in [6.07, 6.45) is 4.45. The highest BCUT2D eigenvalue weighted by Gasteiger charge is 2.17. The number of rotatable bonds is 12. The molecule has 0 N–H and O–H groups in total. The number of nitrogens with zero attached hydrogens (tertiary/aromatic N) is 4. The Morgan fingerprint density at radius 2 is 0.455 bits per heavy atom. The first-order valence-electron chi connectivity index (χ1n) is 16.9. The van der Waals surface area contributed by atoms with Gasteiger partial charge in [0.1, 0.15) is 0 Å². The second-order valence-electron chi connectivity index (χ2n) is 12.3. The fourth-order valence-corrected chi connectivity index (χ4v) is 6.20. The first-order chi connectivity index (χ1) is 21.8. The van der Waals surface area contributed by atoms with Gasteiger partial charge in [-0.15, -0.1) is 0 Å². The maximum Gasteiger partial charge on any atom is 0.0110 e. The van der Waals surface area contributed by atoms with E-state index in [1.165, 1.54) is 22.3 Å². The van der Waals surface area contributed by atoms with Gasteiger partial charge < -0.3 is 19.6 Å². The maximum absolute atomic E-state index is 2.73. The Morgan fingerprint density at radius 1 is 0.273 bits per heavy atom. The van der Waals surface area contributed by atoms with Crippen LogP contribution >= 0.6 is 0 Å². The molecule has 0 spiro atoms. The molecule has 1 fully saturated rings. The van der Waals surface area contributed by atoms with Crippen LogP contribution in [0.15, 0.2) is 121 Å². The lowest BCUT2D eigenvalue weighted by Gasteiger charge is -2.34. The lowest BCUT2D eigenvalue weighted by Crippen LogP contribution is -2.47. The minimum Gasteiger partial charge on any atom is -0.300 e. The highest BCUT2D eigenvalue weighted by molar-refractivity contribution is 5.17. The van der Waals surface area contributed by atoms with Crippen LogP contribution in [0.25, 0.3) is 0 Å². The largest absolute Gasteiger partial charge is 0.300 e. The molecule has 4 aromatic rings. The molecular formula is C40H52N4. The third-order valence-electron chi connectivity index (χ3n) is 9.17. The van der Waals surface area contributed by atoms with E-state index in [4.69, 9.17) is 0 Å². The van der Waals surface area contributed by atoms with Crippen molar-refractivity contribution >= 4 is 0 Å². The first kappa shape index (κ1) is 32.1. The van der Waals surface area contributed by atoms with E-state index in [0.717, 1.165) is 104 Å². The zero-order chi connectivity index (χ0) is 30.1. The highest BCUT2D eigenvalue weighted by Crippen LogP contribution is 2.09. The smallest absolute Gasteiger partial charge is 0.0110 e. The van der Waals surface area contributed by atoms with E-state index in [9.17, 15) is 0 Å². The molecule has 1 aliphatic rings. The Bertz CT molecular complexity index is 1060. The van der Waals surface area contributed by atoms with E-state index < -0.39 is 0 Å². The summed E-state index contributed by atoms with van der Waals surface area (Å²) >= 11 is 0. The molecule has 4 aromatic carbocycles. The van der Waals surface area contributed by atoms with Gasteiger partial charge in [0, 0.05) is 78.5 Å². The molecule has 4 heteroatoms. The maximum atomic E-state index is 2.73. The summed E-state index contributed by atoms with van der Waals surface area (Å²) in [5.41, 5.74) is 5.76. The average molecular weight is 589 g/mol. The van der Waals surface area contributed by atoms with E-state index >= 15 is 0 Å². The van der Waals surface area contributed by atoms with Crippen LogP contribution in [0.1, 0.15) is 22.3 Å². The van der Waals surface area contributed by atoms with Crippen molar-refractivity contribution in [1.82, 2.24) is 19.6 Å². The molecule has 232 valence electrons. The highest BCUT2D eigenvalue weighted by atomic mass is 15.3. The average Bonchev–Trinajstić information content (AvgIpc) is 3.08. The van der Waals surface area contributed by atoms with Crippen molar-refractivity contribution in [2.75, 3.05) is 78.5 Å². The quantitative estimate of drug-likeness (QED) is 0.196. The molecule has 4 nitrogen and oxygen atoms in total. The van der Waals surface area contributed by atoms with Crippen LogP contribution in [0.3, 0.4) is 0 Å². The minimum atomic E-state index is 1.11. The van der Waals surface area contributed by atoms with Gasteiger partial charge in [-0.1, -0.05) is 121 Å². The molecule has 44 heavy (non-hydrogen) atoms. The van der Waals surface area contributed by atoms with Crippen LogP contribution in [0.4, 0.5) is 0 Å². The Morgan fingerprint density at radius 3 is 0.636 bits per heavy atom. The Balaban J connectivity index is 1.27. The van der Waals surface area contributed by atoms with Crippen LogP contribution in [-0.2, 0) is 25.7 Å². The van der Waals surface area contributed by atoms with Crippen molar-refractivity contribution in [3.63, 3.8) is 0 Å². The lowest BCUT2D eigenvalue weighted by atomic mass is 10.1. The molecular weight excluding hydrogens is 536 g/mol. The zero-order valence-electron chi connectivity index (χ0n) is 26.6. The lowest BCUT2D eigenvalue weighted by molar-refractivity contribution is 0.134. The topological polar surface area (TPSA) is 13.0 Å². The second-order valence-corrected chi connectivity index (χ2v) is 12.3. The van der Waals surface area contributed by atoms with Crippen molar-refractivity contribution in [2.24, 2.45) is 0 Å². The van der Waals surface area contributed by atoms with Gasteiger partial charge >= 0.3 is 0 Å². The first-order valence-corrected chi connectivity index (χ1v) is 16.9. The molecule has 0 radical (unpaired) electrons. The molecule has 0 amide bonds. The van der Waals surface area contributed by atoms with Crippen molar-refractivity contribution in [1.29, 1.82) is 0 Å². The molecule has 1 aliphatic heterocycles. The summed E-state index contributed by atoms with van der Waals surface area (Å²) in [5.74, 6) is 0. The molecule has 1 saturated heterocycles. The van der Waals surface area contributed by atoms with Crippen LogP contribution in [0, 0.1) is 0 Å². The van der Waals surface area contributed by atoms with Gasteiger partial charge in [-0.2, -0.15) is 0 Å². The molecule has 0 saturated carbocycles. The fourth-order valence-electron chi connectivity index (χ4n) is 6.20. The zero-order valence-corrected chi connectivity index (χ0v) is 26.6. The Hall–Kier alpha value is -3.28. The van der Waals surface area contributed by atoms with Crippen molar-refractivity contribution < 1.29 is 0 Å². The van der Waals surface area contributed by atoms with Crippen molar-refractivity contribution in [3.8, 4) is 0 Å². The molecule has 0 unspecified atom stereocenters. The molecule has 5 rings (SSSR count). The monoisotopic (exact) mass is 588 g/mol. The van der Waals surface area contributed by atoms with E-state index in [2.05, 4.69) is 141 Å². The fraction of sp³-hybridized carbons (Fsp3) is 0.400. The van der Waals surface area contributed by atoms with Gasteiger partial charge in [-0.3, -0.25) is 0 Å². The Kier molecular flexibility index (Phi) is 13.5. The summed E-state index contributed by atoms with van der Waals surface area (Å²) in [4.78, 5) is 10.9. The molecule has 0 atom stereocenters. The SMILES string of the molecule is c1ccc(CCN2CCN(CCc3ccccc3)CCN(CCc3ccccc3)CCN(CCc3ccccc3)CC2)cc1. The van der Waals surface area contributed by atoms with Gasteiger partial charge in [0.15, 0.2) is 0 Å². The Labute approximate surface area is 266 Å². The number of benzene rings is 4. The summed E-state index contributed by atoms with van der Waals surface area (Å²) < 4.78 is 0. The van der Waals surface area contributed by atoms with Crippen LogP contribution in [-0.4, -0.2) is 98.1 Å². The molecule has 0 aromatic heterocycles. The minimum absolute atomic E-state index is 1.11. The van der Waals surface area contributed by atoms with Crippen LogP contribution < -0.4 is 0 Å². The van der Waals surface area contributed by atoms with Crippen LogP contribution in [0.2, 0.25) is 0 Å². The predicted octanol–water partition coefficient (Wildman–Crippen LogP) is 6.18. The van der Waals surface area contributed by atoms with Gasteiger partial charge in [-0.25, -0.2) is 0 Å². The third kappa shape index (κ3) is 11.7. The summed E-state index contributed by atoms with van der Waals surface area (Å²) in [5, 5.41) is 0.